The van der Waals surface area contributed by atoms with Gasteiger partial charge in [-0.15, -0.1) is 0 Å². The minimum absolute atomic E-state index is 0.256. The molecule has 0 bridgehead atoms. The molecule has 12 atom stereocenters. The number of hydrogen-bond acceptors (Lipinski definition) is 13. The molecular formula is C67H117NO13. The number of allylic oxidation sites excluding steroid dienone is 13. The van der Waals surface area contributed by atoms with E-state index in [2.05, 4.69) is 92.1 Å². The number of rotatable bonds is 51. The van der Waals surface area contributed by atoms with Crippen molar-refractivity contribution in [3.8, 4) is 0 Å². The van der Waals surface area contributed by atoms with Gasteiger partial charge in [-0.25, -0.2) is 0 Å². The smallest absolute Gasteiger partial charge is 0.220 e. The molecule has 0 aliphatic carbocycles. The van der Waals surface area contributed by atoms with Crippen molar-refractivity contribution in [1.82, 2.24) is 5.32 Å². The molecule has 2 saturated heterocycles. The Morgan fingerprint density at radius 1 is 0.457 bits per heavy atom. The Morgan fingerprint density at radius 3 is 1.36 bits per heavy atom. The maximum absolute atomic E-state index is 13.3. The van der Waals surface area contributed by atoms with Gasteiger partial charge in [0.05, 0.1) is 32.0 Å². The summed E-state index contributed by atoms with van der Waals surface area (Å²) in [6.07, 6.45) is 53.4. The van der Waals surface area contributed by atoms with E-state index in [0.29, 0.717) is 12.8 Å². The summed E-state index contributed by atoms with van der Waals surface area (Å²) in [7, 11) is 0. The lowest BCUT2D eigenvalue weighted by Crippen LogP contribution is -2.65. The Balaban J connectivity index is 1.73. The van der Waals surface area contributed by atoms with Crippen LogP contribution in [-0.2, 0) is 23.7 Å². The normalized spacial score (nSPS) is 24.7. The summed E-state index contributed by atoms with van der Waals surface area (Å²) in [5.41, 5.74) is 0. The zero-order valence-corrected chi connectivity index (χ0v) is 50.5. The van der Waals surface area contributed by atoms with Crippen LogP contribution in [0.5, 0.6) is 0 Å². The Bertz CT molecular complexity index is 1680. The highest BCUT2D eigenvalue weighted by molar-refractivity contribution is 5.76. The highest BCUT2D eigenvalue weighted by atomic mass is 16.7. The van der Waals surface area contributed by atoms with Gasteiger partial charge < -0.3 is 65.1 Å². The second kappa shape index (κ2) is 51.6. The van der Waals surface area contributed by atoms with Crippen LogP contribution in [0.2, 0.25) is 0 Å². The monoisotopic (exact) mass is 1140 g/mol. The fraction of sp³-hybridized carbons (Fsp3) is 0.776. The number of aliphatic hydroxyl groups excluding tert-OH is 8. The van der Waals surface area contributed by atoms with E-state index in [-0.39, 0.29) is 18.9 Å². The molecule has 0 saturated carbocycles. The highest BCUT2D eigenvalue weighted by Gasteiger charge is 2.51. The van der Waals surface area contributed by atoms with Crippen molar-refractivity contribution in [2.75, 3.05) is 19.8 Å². The molecule has 2 fully saturated rings. The predicted octanol–water partition coefficient (Wildman–Crippen LogP) is 12.1. The van der Waals surface area contributed by atoms with E-state index in [1.165, 1.54) is 135 Å². The van der Waals surface area contributed by atoms with Crippen molar-refractivity contribution >= 4 is 5.91 Å². The van der Waals surface area contributed by atoms with Gasteiger partial charge in [0.2, 0.25) is 5.91 Å². The third-order valence-electron chi connectivity index (χ3n) is 15.3. The number of nitrogens with one attached hydrogen (secondary N) is 1. The van der Waals surface area contributed by atoms with Gasteiger partial charge in [-0.1, -0.05) is 234 Å². The Hall–Kier alpha value is -2.83. The first-order valence-corrected chi connectivity index (χ1v) is 32.3. The molecule has 12 unspecified atom stereocenters. The summed E-state index contributed by atoms with van der Waals surface area (Å²) in [6, 6.07) is -0.943. The SMILES string of the molecule is CC/C=C\C/C=C\C/C=C\C/C=C\CCCCCCCCCCCCCCCCC(=O)NC(COC1OC(CO)C(OC2OC(CO)C(O)C(O)C2O)C(O)C1O)C(O)/C=C/CC/C=C/CC/C=C/CCCCCCCCCCCC. The van der Waals surface area contributed by atoms with Crippen LogP contribution in [0.4, 0.5) is 0 Å². The molecule has 2 aliphatic rings. The summed E-state index contributed by atoms with van der Waals surface area (Å²) in [5.74, 6) is -0.256. The minimum Gasteiger partial charge on any atom is -0.394 e. The molecule has 0 radical (unpaired) electrons. The van der Waals surface area contributed by atoms with Crippen molar-refractivity contribution in [3.05, 3.63) is 85.1 Å². The summed E-state index contributed by atoms with van der Waals surface area (Å²) >= 11 is 0. The van der Waals surface area contributed by atoms with Gasteiger partial charge in [0.15, 0.2) is 12.6 Å². The van der Waals surface area contributed by atoms with E-state index in [1.807, 2.05) is 6.08 Å². The number of aliphatic hydroxyl groups is 8. The van der Waals surface area contributed by atoms with Crippen LogP contribution < -0.4 is 5.32 Å². The maximum Gasteiger partial charge on any atom is 0.220 e. The van der Waals surface area contributed by atoms with Crippen LogP contribution in [0, 0.1) is 0 Å². The molecule has 0 aromatic carbocycles. The van der Waals surface area contributed by atoms with Gasteiger partial charge in [-0.05, 0) is 83.5 Å². The van der Waals surface area contributed by atoms with Crippen LogP contribution in [0.15, 0.2) is 85.1 Å². The third-order valence-corrected chi connectivity index (χ3v) is 15.3. The second-order valence-electron chi connectivity index (χ2n) is 22.5. The average Bonchev–Trinajstić information content (AvgIpc) is 3.62. The van der Waals surface area contributed by atoms with Gasteiger partial charge in [0.1, 0.15) is 48.8 Å². The Labute approximate surface area is 491 Å². The Kier molecular flexibility index (Phi) is 47.3. The largest absolute Gasteiger partial charge is 0.394 e. The number of carbonyl (C=O) groups excluding carboxylic acids is 1. The average molecular weight is 1140 g/mol. The van der Waals surface area contributed by atoms with Gasteiger partial charge >= 0.3 is 0 Å². The molecule has 468 valence electrons. The van der Waals surface area contributed by atoms with Gasteiger partial charge in [0.25, 0.3) is 0 Å². The van der Waals surface area contributed by atoms with E-state index >= 15 is 0 Å². The Morgan fingerprint density at radius 2 is 0.864 bits per heavy atom. The molecule has 2 rings (SSSR count). The topological polar surface area (TPSA) is 228 Å². The van der Waals surface area contributed by atoms with Crippen molar-refractivity contribution in [1.29, 1.82) is 0 Å². The first-order valence-electron chi connectivity index (χ1n) is 32.3. The predicted molar refractivity (Wildman–Crippen MR) is 327 cm³/mol. The molecule has 14 nitrogen and oxygen atoms in total. The lowest BCUT2D eigenvalue weighted by atomic mass is 9.97. The van der Waals surface area contributed by atoms with E-state index in [0.717, 1.165) is 70.6 Å². The van der Waals surface area contributed by atoms with Crippen molar-refractivity contribution in [2.45, 2.75) is 312 Å². The fourth-order valence-electron chi connectivity index (χ4n) is 10.1. The van der Waals surface area contributed by atoms with Crippen LogP contribution in [0.25, 0.3) is 0 Å². The molecular weight excluding hydrogens is 1030 g/mol. The molecule has 2 aliphatic heterocycles. The lowest BCUT2D eigenvalue weighted by molar-refractivity contribution is -0.359. The third kappa shape index (κ3) is 36.6. The fourth-order valence-corrected chi connectivity index (χ4v) is 10.1. The summed E-state index contributed by atoms with van der Waals surface area (Å²) in [5, 5.41) is 87.2. The standard InChI is InChI=1S/C67H117NO13/c1-3-5-7-9-11-13-15-17-19-21-23-25-26-27-28-29-30-31-33-35-37-39-41-43-45-47-49-51-59(72)68-55(56(71)50-48-46-44-42-40-38-36-34-32-24-22-20-18-16-14-12-10-8-6-4-2)54-78-66-64(77)62(75)65(58(53-70)80-66)81-67-63(76)61(74)60(73)57(52-69)79-67/h5,7,11,13,17,19,23,25,32,34,40,42,48,50,55-58,60-67,69-71,73-77H,3-4,6,8-10,12,14-16,18,20-22,24,26-31,33,35-39,41,43-47,49,51-54H2,1-2H3,(H,68,72)/b7-5-,13-11-,19-17-,25-23-,34-32+,42-40+,50-48+. The first-order chi connectivity index (χ1) is 39.6. The quantitative estimate of drug-likeness (QED) is 0.0204. The highest BCUT2D eigenvalue weighted by Crippen LogP contribution is 2.30. The zero-order valence-electron chi connectivity index (χ0n) is 50.5. The van der Waals surface area contributed by atoms with E-state index in [4.69, 9.17) is 18.9 Å². The summed E-state index contributed by atoms with van der Waals surface area (Å²) in [6.45, 7) is 2.67. The van der Waals surface area contributed by atoms with Crippen LogP contribution in [-0.4, -0.2) is 140 Å². The molecule has 1 amide bonds. The lowest BCUT2D eigenvalue weighted by Gasteiger charge is -2.46. The van der Waals surface area contributed by atoms with Gasteiger partial charge in [-0.2, -0.15) is 0 Å². The van der Waals surface area contributed by atoms with E-state index < -0.39 is 86.8 Å². The number of hydrogen-bond donors (Lipinski definition) is 9. The van der Waals surface area contributed by atoms with Gasteiger partial charge in [0, 0.05) is 6.42 Å². The molecule has 0 aromatic heterocycles. The number of ether oxygens (including phenoxy) is 4. The summed E-state index contributed by atoms with van der Waals surface area (Å²) in [4.78, 5) is 13.3. The van der Waals surface area contributed by atoms with Gasteiger partial charge in [-0.3, -0.25) is 4.79 Å². The molecule has 14 heteroatoms. The van der Waals surface area contributed by atoms with Crippen LogP contribution in [0.1, 0.15) is 239 Å². The minimum atomic E-state index is -1.80. The zero-order chi connectivity index (χ0) is 58.8. The molecule has 0 aromatic rings. The van der Waals surface area contributed by atoms with E-state index in [1.54, 1.807) is 6.08 Å². The van der Waals surface area contributed by atoms with Crippen LogP contribution >= 0.6 is 0 Å². The number of carbonyl (C=O) groups is 1. The van der Waals surface area contributed by atoms with Crippen LogP contribution in [0.3, 0.4) is 0 Å². The molecule has 81 heavy (non-hydrogen) atoms. The number of unbranched alkanes of at least 4 members (excludes halogenated alkanes) is 26. The molecule has 2 heterocycles. The van der Waals surface area contributed by atoms with E-state index in [9.17, 15) is 45.6 Å². The molecule has 9 N–H and O–H groups in total. The first kappa shape index (κ1) is 74.3. The maximum atomic E-state index is 13.3. The van der Waals surface area contributed by atoms with Crippen molar-refractivity contribution in [3.63, 3.8) is 0 Å². The van der Waals surface area contributed by atoms with Crippen molar-refractivity contribution in [2.24, 2.45) is 0 Å². The van der Waals surface area contributed by atoms with Crippen molar-refractivity contribution < 1.29 is 64.6 Å². The molecule has 0 spiro atoms. The number of amides is 1. The summed E-state index contributed by atoms with van der Waals surface area (Å²) < 4.78 is 22.8. The second-order valence-corrected chi connectivity index (χ2v) is 22.5.